The molecule has 1 aliphatic carbocycles. The van der Waals surface area contributed by atoms with Gasteiger partial charge < -0.3 is 4.74 Å². The zero-order chi connectivity index (χ0) is 13.2. The van der Waals surface area contributed by atoms with Crippen LogP contribution in [0.25, 0.3) is 0 Å². The second kappa shape index (κ2) is 5.26. The van der Waals surface area contributed by atoms with E-state index in [-0.39, 0.29) is 11.1 Å². The first-order valence-corrected chi connectivity index (χ1v) is 7.12. The van der Waals surface area contributed by atoms with E-state index in [1.54, 1.807) is 6.07 Å². The number of rotatable bonds is 5. The summed E-state index contributed by atoms with van der Waals surface area (Å²) in [5.74, 6) is 0.622. The maximum Gasteiger partial charge on any atom is 0.273 e. The molecule has 0 saturated heterocycles. The van der Waals surface area contributed by atoms with E-state index in [2.05, 4.69) is 15.9 Å². The molecule has 1 saturated carbocycles. The van der Waals surface area contributed by atoms with Crippen molar-refractivity contribution in [3.8, 4) is 5.75 Å². The number of hydrogen-bond acceptors (Lipinski definition) is 3. The molecule has 4 nitrogen and oxygen atoms in total. The molecule has 0 unspecified atom stereocenters. The van der Waals surface area contributed by atoms with Gasteiger partial charge >= 0.3 is 0 Å². The number of aryl methyl sites for hydroxylation is 1. The van der Waals surface area contributed by atoms with Gasteiger partial charge in [0.1, 0.15) is 5.75 Å². The van der Waals surface area contributed by atoms with E-state index in [9.17, 15) is 10.1 Å². The minimum Gasteiger partial charge on any atom is -0.492 e. The van der Waals surface area contributed by atoms with Crippen LogP contribution in [0.15, 0.2) is 18.2 Å². The number of benzene rings is 1. The minimum atomic E-state index is -0.393. The summed E-state index contributed by atoms with van der Waals surface area (Å²) in [6, 6.07) is 4.75. The van der Waals surface area contributed by atoms with Crippen molar-refractivity contribution in [2.75, 3.05) is 11.9 Å². The molecule has 18 heavy (non-hydrogen) atoms. The Kier molecular flexibility index (Phi) is 3.90. The first-order chi connectivity index (χ1) is 8.56. The molecule has 1 aromatic carbocycles. The molecule has 0 atom stereocenters. The normalized spacial score (nSPS) is 17.0. The predicted molar refractivity (Wildman–Crippen MR) is 73.4 cm³/mol. The van der Waals surface area contributed by atoms with Crippen LogP contribution in [0.4, 0.5) is 5.69 Å². The lowest BCUT2D eigenvalue weighted by Crippen LogP contribution is -2.37. The van der Waals surface area contributed by atoms with Crippen LogP contribution >= 0.6 is 15.9 Å². The van der Waals surface area contributed by atoms with Gasteiger partial charge in [0.25, 0.3) is 5.69 Å². The van der Waals surface area contributed by atoms with E-state index >= 15 is 0 Å². The van der Waals surface area contributed by atoms with Crippen molar-refractivity contribution in [1.29, 1.82) is 0 Å². The number of non-ortho nitro benzene ring substituents is 1. The van der Waals surface area contributed by atoms with Crippen LogP contribution in [0.3, 0.4) is 0 Å². The number of nitro groups is 1. The molecule has 0 N–H and O–H groups in total. The van der Waals surface area contributed by atoms with Gasteiger partial charge in [-0.2, -0.15) is 0 Å². The van der Waals surface area contributed by atoms with Crippen molar-refractivity contribution in [2.24, 2.45) is 5.41 Å². The molecule has 0 heterocycles. The van der Waals surface area contributed by atoms with Gasteiger partial charge in [-0.1, -0.05) is 22.4 Å². The molecular weight excluding hydrogens is 298 g/mol. The number of alkyl halides is 1. The number of nitro benzene ring substituents is 1. The molecule has 0 bridgehead atoms. The lowest BCUT2D eigenvalue weighted by Gasteiger charge is -2.40. The molecule has 98 valence electrons. The third-order valence-electron chi connectivity index (χ3n) is 3.61. The molecule has 1 fully saturated rings. The third kappa shape index (κ3) is 2.66. The van der Waals surface area contributed by atoms with Crippen LogP contribution in [-0.2, 0) is 0 Å². The zero-order valence-corrected chi connectivity index (χ0v) is 11.9. The number of halogens is 1. The van der Waals surface area contributed by atoms with Crippen LogP contribution in [0.5, 0.6) is 5.75 Å². The Morgan fingerprint density at radius 2 is 2.22 bits per heavy atom. The van der Waals surface area contributed by atoms with Gasteiger partial charge in [0.15, 0.2) is 0 Å². The van der Waals surface area contributed by atoms with Crippen molar-refractivity contribution in [1.82, 2.24) is 0 Å². The van der Waals surface area contributed by atoms with E-state index in [4.69, 9.17) is 4.74 Å². The second-order valence-corrected chi connectivity index (χ2v) is 5.54. The number of nitrogens with zero attached hydrogens (tertiary/aromatic N) is 1. The van der Waals surface area contributed by atoms with Crippen LogP contribution in [0, 0.1) is 22.5 Å². The Morgan fingerprint density at radius 1 is 1.50 bits per heavy atom. The monoisotopic (exact) mass is 313 g/mol. The fourth-order valence-electron chi connectivity index (χ4n) is 2.08. The van der Waals surface area contributed by atoms with Gasteiger partial charge in [-0.15, -0.1) is 0 Å². The zero-order valence-electron chi connectivity index (χ0n) is 10.3. The molecule has 0 aromatic heterocycles. The first-order valence-electron chi connectivity index (χ1n) is 6.00. The van der Waals surface area contributed by atoms with Crippen molar-refractivity contribution >= 4 is 21.6 Å². The fourth-order valence-corrected chi connectivity index (χ4v) is 2.80. The topological polar surface area (TPSA) is 52.4 Å². The maximum atomic E-state index is 10.7. The Hall–Kier alpha value is -1.10. The van der Waals surface area contributed by atoms with Crippen LogP contribution in [-0.4, -0.2) is 16.9 Å². The van der Waals surface area contributed by atoms with E-state index in [1.165, 1.54) is 18.6 Å². The Morgan fingerprint density at radius 3 is 2.72 bits per heavy atom. The average molecular weight is 314 g/mol. The highest BCUT2D eigenvalue weighted by Crippen LogP contribution is 2.43. The van der Waals surface area contributed by atoms with E-state index in [0.29, 0.717) is 12.4 Å². The molecule has 0 aliphatic heterocycles. The average Bonchev–Trinajstić information content (AvgIpc) is 2.30. The Bertz CT molecular complexity index is 452. The minimum absolute atomic E-state index is 0.0806. The SMILES string of the molecule is Cc1ccc([N+](=O)[O-])cc1OCC1(CBr)CCC1. The summed E-state index contributed by atoms with van der Waals surface area (Å²) in [4.78, 5) is 10.3. The maximum absolute atomic E-state index is 10.7. The van der Waals surface area contributed by atoms with Crippen LogP contribution in [0.1, 0.15) is 24.8 Å². The van der Waals surface area contributed by atoms with Crippen LogP contribution < -0.4 is 4.74 Å². The molecule has 1 aliphatic rings. The van der Waals surface area contributed by atoms with E-state index < -0.39 is 4.92 Å². The largest absolute Gasteiger partial charge is 0.492 e. The summed E-state index contributed by atoms with van der Waals surface area (Å²) < 4.78 is 5.79. The highest BCUT2D eigenvalue weighted by Gasteiger charge is 2.36. The third-order valence-corrected chi connectivity index (χ3v) is 4.80. The summed E-state index contributed by atoms with van der Waals surface area (Å²) >= 11 is 3.52. The molecular formula is C13H16BrNO3. The van der Waals surface area contributed by atoms with Crippen molar-refractivity contribution in [3.63, 3.8) is 0 Å². The predicted octanol–water partition coefficient (Wildman–Crippen LogP) is 3.85. The number of hydrogen-bond donors (Lipinski definition) is 0. The Labute approximate surface area is 115 Å². The fraction of sp³-hybridized carbons (Fsp3) is 0.538. The molecule has 2 rings (SSSR count). The van der Waals surface area contributed by atoms with Gasteiger partial charge in [-0.05, 0) is 31.4 Å². The summed E-state index contributed by atoms with van der Waals surface area (Å²) in [5.41, 5.74) is 1.23. The van der Waals surface area contributed by atoms with Gasteiger partial charge in [0, 0.05) is 16.8 Å². The standard InChI is InChI=1S/C13H16BrNO3/c1-10-3-4-11(15(16)17)7-12(10)18-9-13(8-14)5-2-6-13/h3-4,7H,2,5-6,8-9H2,1H3. The van der Waals surface area contributed by atoms with Gasteiger partial charge in [0.05, 0.1) is 17.6 Å². The lowest BCUT2D eigenvalue weighted by molar-refractivity contribution is -0.385. The van der Waals surface area contributed by atoms with Crippen molar-refractivity contribution < 1.29 is 9.66 Å². The highest BCUT2D eigenvalue weighted by atomic mass is 79.9. The van der Waals surface area contributed by atoms with Gasteiger partial charge in [-0.25, -0.2) is 0 Å². The number of ether oxygens (including phenoxy) is 1. The van der Waals surface area contributed by atoms with Crippen molar-refractivity contribution in [3.05, 3.63) is 33.9 Å². The smallest absolute Gasteiger partial charge is 0.273 e. The summed E-state index contributed by atoms with van der Waals surface area (Å²) in [6.45, 7) is 2.53. The molecule has 0 amide bonds. The van der Waals surface area contributed by atoms with Crippen LogP contribution in [0.2, 0.25) is 0 Å². The van der Waals surface area contributed by atoms with E-state index in [0.717, 1.165) is 23.7 Å². The summed E-state index contributed by atoms with van der Waals surface area (Å²) in [7, 11) is 0. The summed E-state index contributed by atoms with van der Waals surface area (Å²) in [6.07, 6.45) is 3.56. The molecule has 0 radical (unpaired) electrons. The summed E-state index contributed by atoms with van der Waals surface area (Å²) in [5, 5.41) is 11.7. The quantitative estimate of drug-likeness (QED) is 0.471. The molecule has 1 aromatic rings. The van der Waals surface area contributed by atoms with E-state index in [1.807, 2.05) is 6.92 Å². The van der Waals surface area contributed by atoms with Crippen molar-refractivity contribution in [2.45, 2.75) is 26.2 Å². The molecule has 0 spiro atoms. The lowest BCUT2D eigenvalue weighted by atomic mass is 9.71. The molecule has 5 heteroatoms. The van der Waals surface area contributed by atoms with Gasteiger partial charge in [0.2, 0.25) is 0 Å². The van der Waals surface area contributed by atoms with Gasteiger partial charge in [-0.3, -0.25) is 10.1 Å². The highest BCUT2D eigenvalue weighted by molar-refractivity contribution is 9.09. The second-order valence-electron chi connectivity index (χ2n) is 4.98. The Balaban J connectivity index is 2.08. The first kappa shape index (κ1) is 13.3.